The highest BCUT2D eigenvalue weighted by atomic mass is 16.5. The van der Waals surface area contributed by atoms with Crippen LogP contribution in [0, 0.1) is 0 Å². The fourth-order valence-corrected chi connectivity index (χ4v) is 4.80. The van der Waals surface area contributed by atoms with Crippen LogP contribution >= 0.6 is 0 Å². The number of aliphatic hydroxyl groups is 2. The summed E-state index contributed by atoms with van der Waals surface area (Å²) in [6.45, 7) is 0.339. The number of hydrogen-bond donors (Lipinski definition) is 4. The highest BCUT2D eigenvalue weighted by molar-refractivity contribution is 5.95. The van der Waals surface area contributed by atoms with Gasteiger partial charge < -0.3 is 26.4 Å². The fourth-order valence-electron chi connectivity index (χ4n) is 4.80. The summed E-state index contributed by atoms with van der Waals surface area (Å²) in [6.07, 6.45) is 0.790. The molecule has 0 radical (unpaired) electrons. The van der Waals surface area contributed by atoms with Crippen LogP contribution in [0.2, 0.25) is 0 Å². The summed E-state index contributed by atoms with van der Waals surface area (Å²) in [5, 5.41) is 21.4. The zero-order valence-corrected chi connectivity index (χ0v) is 19.0. The summed E-state index contributed by atoms with van der Waals surface area (Å²) in [5.41, 5.74) is 18.3. The number of aromatic nitrogens is 1. The first-order chi connectivity index (χ1) is 16.5. The Balaban J connectivity index is 1.83. The van der Waals surface area contributed by atoms with Crippen LogP contribution in [0.1, 0.15) is 16.7 Å². The molecule has 0 unspecified atom stereocenters. The van der Waals surface area contributed by atoms with Gasteiger partial charge in [-0.1, -0.05) is 30.3 Å². The predicted octanol–water partition coefficient (Wildman–Crippen LogP) is 2.92. The smallest absolute Gasteiger partial charge is 0.335 e. The number of fused-ring (bicyclic) bond motifs is 4. The highest BCUT2D eigenvalue weighted by Gasteiger charge is 2.28. The molecule has 2 heterocycles. The van der Waals surface area contributed by atoms with E-state index in [1.165, 1.54) is 5.56 Å². The maximum absolute atomic E-state index is 9.84. The molecule has 1 aliphatic heterocycles. The molecule has 7 nitrogen and oxygen atoms in total. The zero-order valence-electron chi connectivity index (χ0n) is 19.0. The molecule has 4 aromatic rings. The number of nitrogens with zero attached hydrogens (tertiary/aromatic N) is 2. The summed E-state index contributed by atoms with van der Waals surface area (Å²) in [7, 11) is 1.69. The number of nitrogens with two attached hydrogens (primary N) is 2. The molecule has 0 saturated heterocycles. The van der Waals surface area contributed by atoms with Crippen LogP contribution in [0.5, 0.6) is 5.75 Å². The molecule has 5 rings (SSSR count). The second-order valence-corrected chi connectivity index (χ2v) is 8.39. The third-order valence-corrected chi connectivity index (χ3v) is 6.42. The number of pyridine rings is 1. The Morgan fingerprint density at radius 1 is 0.971 bits per heavy atom. The molecule has 0 fully saturated rings. The van der Waals surface area contributed by atoms with Crippen molar-refractivity contribution in [3.8, 4) is 28.1 Å². The van der Waals surface area contributed by atoms with Crippen molar-refractivity contribution in [2.45, 2.75) is 26.2 Å². The van der Waals surface area contributed by atoms with Gasteiger partial charge in [0.05, 0.1) is 32.3 Å². The van der Waals surface area contributed by atoms with Crippen LogP contribution in [-0.2, 0) is 26.2 Å². The van der Waals surface area contributed by atoms with Crippen molar-refractivity contribution >= 4 is 22.5 Å². The van der Waals surface area contributed by atoms with E-state index in [4.69, 9.17) is 16.2 Å². The number of aliphatic hydroxyl groups excluding tert-OH is 2. The highest BCUT2D eigenvalue weighted by Crippen LogP contribution is 2.40. The number of rotatable bonds is 5. The van der Waals surface area contributed by atoms with Crippen molar-refractivity contribution in [1.82, 2.24) is 0 Å². The number of ether oxygens (including phenoxy) is 1. The minimum atomic E-state index is -0.183. The molecule has 0 atom stereocenters. The van der Waals surface area contributed by atoms with Crippen molar-refractivity contribution in [2.24, 2.45) is 16.5 Å². The quantitative estimate of drug-likeness (QED) is 0.210. The van der Waals surface area contributed by atoms with Crippen LogP contribution in [0.4, 0.5) is 5.82 Å². The molecular weight excluding hydrogens is 428 g/mol. The lowest BCUT2D eigenvalue weighted by Crippen LogP contribution is -2.41. The first-order valence-corrected chi connectivity index (χ1v) is 11.1. The van der Waals surface area contributed by atoms with Crippen molar-refractivity contribution in [2.75, 3.05) is 7.11 Å². The van der Waals surface area contributed by atoms with Crippen molar-refractivity contribution < 1.29 is 19.5 Å². The second kappa shape index (κ2) is 8.78. The summed E-state index contributed by atoms with van der Waals surface area (Å²) >= 11 is 0. The molecule has 0 aliphatic carbocycles. The molecule has 0 bridgehead atoms. The number of aliphatic imine (C=N–C) groups is 1. The van der Waals surface area contributed by atoms with E-state index in [0.717, 1.165) is 45.3 Å². The van der Waals surface area contributed by atoms with Crippen molar-refractivity contribution in [3.63, 3.8) is 0 Å². The number of guanidine groups is 1. The maximum atomic E-state index is 9.84. The van der Waals surface area contributed by atoms with E-state index in [0.29, 0.717) is 23.5 Å². The number of hydrogen-bond acceptors (Lipinski definition) is 4. The molecule has 34 heavy (non-hydrogen) atoms. The van der Waals surface area contributed by atoms with Gasteiger partial charge in [0.15, 0.2) is 0 Å². The van der Waals surface area contributed by atoms with E-state index in [-0.39, 0.29) is 19.2 Å². The van der Waals surface area contributed by atoms with Gasteiger partial charge >= 0.3 is 11.8 Å². The van der Waals surface area contributed by atoms with Crippen LogP contribution in [0.15, 0.2) is 65.7 Å². The average molecular weight is 456 g/mol. The van der Waals surface area contributed by atoms with E-state index < -0.39 is 0 Å². The summed E-state index contributed by atoms with van der Waals surface area (Å²) < 4.78 is 7.86. The van der Waals surface area contributed by atoms with Gasteiger partial charge in [-0.25, -0.2) is 4.57 Å². The number of benzene rings is 3. The molecule has 3 aromatic carbocycles. The predicted molar refractivity (Wildman–Crippen MR) is 133 cm³/mol. The van der Waals surface area contributed by atoms with Crippen LogP contribution in [0.3, 0.4) is 0 Å². The third-order valence-electron chi connectivity index (χ3n) is 6.42. The molecule has 1 aliphatic rings. The van der Waals surface area contributed by atoms with E-state index >= 15 is 0 Å². The fraction of sp³-hybridized carbons (Fsp3) is 0.185. The first-order valence-electron chi connectivity index (χ1n) is 11.1. The van der Waals surface area contributed by atoms with Crippen molar-refractivity contribution in [1.29, 1.82) is 0 Å². The molecule has 0 saturated carbocycles. The lowest BCUT2D eigenvalue weighted by Gasteiger charge is -2.22. The molecule has 7 heteroatoms. The minimum Gasteiger partial charge on any atom is -0.496 e. The topological polar surface area (TPSA) is 118 Å². The van der Waals surface area contributed by atoms with Gasteiger partial charge in [0.2, 0.25) is 0 Å². The monoisotopic (exact) mass is 455 g/mol. The van der Waals surface area contributed by atoms with Gasteiger partial charge in [-0.2, -0.15) is 0 Å². The standard InChI is InChI=1S/C27H26N4O3/c1-34-25-12-17-7-8-31-24(21(17)13-22(25)16-5-3-2-4-6-16)11-18-9-19(14-32)20(15-33)10-23(18)26(31)30-27(28)29/h2-6,9-13,32-33H,7-8,14-15H2,1H3,(H3,28,29)/p+1. The summed E-state index contributed by atoms with van der Waals surface area (Å²) in [6, 6.07) is 20.3. The molecule has 1 aromatic heterocycles. The number of aryl methyl sites for hydroxylation is 1. The lowest BCUT2D eigenvalue weighted by molar-refractivity contribution is -0.673. The molecule has 6 N–H and O–H groups in total. The van der Waals surface area contributed by atoms with Gasteiger partial charge in [0.25, 0.3) is 0 Å². The average Bonchev–Trinajstić information content (AvgIpc) is 2.87. The van der Waals surface area contributed by atoms with Crippen molar-refractivity contribution in [3.05, 3.63) is 77.4 Å². The van der Waals surface area contributed by atoms with Gasteiger partial charge in [-0.3, -0.25) is 0 Å². The summed E-state index contributed by atoms with van der Waals surface area (Å²) in [4.78, 5) is 4.49. The Morgan fingerprint density at radius 2 is 1.71 bits per heavy atom. The Morgan fingerprint density at radius 3 is 2.38 bits per heavy atom. The van der Waals surface area contributed by atoms with Crippen LogP contribution in [0.25, 0.3) is 33.2 Å². The zero-order chi connectivity index (χ0) is 23.8. The minimum absolute atomic E-state index is 0.0375. The van der Waals surface area contributed by atoms with E-state index in [1.807, 2.05) is 30.3 Å². The molecule has 0 amide bonds. The Kier molecular flexibility index (Phi) is 5.65. The SMILES string of the molecule is COc1cc2c(cc1-c1ccccc1)-c1cc3cc(CO)c(CO)cc3c(N=C(N)N)[n+]1CC2. The Bertz CT molecular complexity index is 1430. The lowest BCUT2D eigenvalue weighted by atomic mass is 9.90. The molecule has 0 spiro atoms. The van der Waals surface area contributed by atoms with E-state index in [2.05, 4.69) is 39.9 Å². The van der Waals surface area contributed by atoms with Gasteiger partial charge in [0.1, 0.15) is 11.4 Å². The van der Waals surface area contributed by atoms with Gasteiger partial charge in [0, 0.05) is 17.5 Å². The van der Waals surface area contributed by atoms with Gasteiger partial charge in [-0.05, 0) is 63.0 Å². The normalized spacial score (nSPS) is 12.2. The Labute approximate surface area is 197 Å². The second-order valence-electron chi connectivity index (χ2n) is 8.39. The first kappa shape index (κ1) is 21.9. The van der Waals surface area contributed by atoms with E-state index in [9.17, 15) is 10.2 Å². The largest absolute Gasteiger partial charge is 0.496 e. The molecular formula is C27H27N4O3+. The van der Waals surface area contributed by atoms with Crippen LogP contribution < -0.4 is 20.8 Å². The number of methoxy groups -OCH3 is 1. The van der Waals surface area contributed by atoms with Crippen LogP contribution in [-0.4, -0.2) is 23.3 Å². The van der Waals surface area contributed by atoms with E-state index in [1.54, 1.807) is 7.11 Å². The Hall–Kier alpha value is -3.94. The summed E-state index contributed by atoms with van der Waals surface area (Å²) in [5.74, 6) is 1.43. The maximum Gasteiger partial charge on any atom is 0.335 e. The van der Waals surface area contributed by atoms with Gasteiger partial charge in [-0.15, -0.1) is 0 Å². The molecule has 172 valence electrons. The third kappa shape index (κ3) is 3.65.